The van der Waals surface area contributed by atoms with Gasteiger partial charge in [-0.2, -0.15) is 0 Å². The van der Waals surface area contributed by atoms with Crippen LogP contribution in [0.5, 0.6) is 0 Å². The van der Waals surface area contributed by atoms with E-state index in [0.717, 1.165) is 23.2 Å². The molecule has 0 atom stereocenters. The summed E-state index contributed by atoms with van der Waals surface area (Å²) in [4.78, 5) is 4.61. The highest BCUT2D eigenvalue weighted by Gasteiger charge is 2.23. The van der Waals surface area contributed by atoms with Gasteiger partial charge in [0.15, 0.2) is 0 Å². The summed E-state index contributed by atoms with van der Waals surface area (Å²) >= 11 is 0. The molecule has 3 rings (SSSR count). The first-order chi connectivity index (χ1) is 13.4. The van der Waals surface area contributed by atoms with Gasteiger partial charge >= 0.3 is 0 Å². The van der Waals surface area contributed by atoms with E-state index < -0.39 is 7.14 Å². The molecule has 3 aromatic rings. The van der Waals surface area contributed by atoms with Crippen LogP contribution < -0.4 is 5.44 Å². The normalized spacial score (nSPS) is 12.4. The first-order valence-corrected chi connectivity index (χ1v) is 12.5. The molecule has 0 saturated carbocycles. The largest absolute Gasteiger partial charge is 0.318 e. The minimum atomic E-state index is -2.60. The lowest BCUT2D eigenvalue weighted by Crippen LogP contribution is -2.11. The van der Waals surface area contributed by atoms with Crippen LogP contribution >= 0.6 is 7.14 Å². The number of rotatable bonds is 4. The van der Waals surface area contributed by atoms with Crippen molar-refractivity contribution in [3.05, 3.63) is 65.1 Å². The molecule has 154 valence electrons. The Labute approximate surface area is 173 Å². The minimum absolute atomic E-state index is 0.192. The van der Waals surface area contributed by atoms with E-state index >= 15 is 0 Å². The van der Waals surface area contributed by atoms with Crippen LogP contribution in [0.2, 0.25) is 0 Å². The van der Waals surface area contributed by atoms with Gasteiger partial charge in [-0.05, 0) is 67.8 Å². The lowest BCUT2D eigenvalue weighted by atomic mass is 9.87. The summed E-state index contributed by atoms with van der Waals surface area (Å²) < 4.78 is 29.2. The summed E-state index contributed by atoms with van der Waals surface area (Å²) in [5.74, 6) is 0.143. The molecule has 0 aliphatic carbocycles. The number of benzene rings is 2. The predicted molar refractivity (Wildman–Crippen MR) is 121 cm³/mol. The Hall–Kier alpha value is -2.19. The molecular formula is C24H30FN2OP. The molecule has 0 bridgehead atoms. The van der Waals surface area contributed by atoms with Gasteiger partial charge < -0.3 is 4.57 Å². The fourth-order valence-corrected chi connectivity index (χ4v) is 4.50. The van der Waals surface area contributed by atoms with Gasteiger partial charge in [0.25, 0.3) is 0 Å². The molecule has 0 unspecified atom stereocenters. The molecule has 3 nitrogen and oxygen atoms in total. The quantitative estimate of drug-likeness (QED) is 0.483. The van der Waals surface area contributed by atoms with Crippen LogP contribution in [-0.2, 0) is 11.0 Å². The molecule has 5 heteroatoms. The van der Waals surface area contributed by atoms with E-state index in [1.165, 1.54) is 11.6 Å². The van der Waals surface area contributed by atoms with Gasteiger partial charge in [0.1, 0.15) is 24.2 Å². The van der Waals surface area contributed by atoms with Crippen LogP contribution in [0, 0.1) is 25.1 Å². The molecule has 0 saturated heterocycles. The second-order valence-electron chi connectivity index (χ2n) is 9.44. The second-order valence-corrected chi connectivity index (χ2v) is 12.6. The van der Waals surface area contributed by atoms with Gasteiger partial charge in [-0.25, -0.2) is 9.37 Å². The molecule has 0 aliphatic heterocycles. The van der Waals surface area contributed by atoms with Crippen LogP contribution in [0.25, 0.3) is 17.1 Å². The van der Waals surface area contributed by atoms with E-state index in [4.69, 9.17) is 0 Å². The van der Waals surface area contributed by atoms with E-state index in [1.807, 2.05) is 4.57 Å². The SMILES string of the molecule is Cc1cc(CC(C)(C)C)cc(C)c1-n1cc(P(C)(C)=O)nc1-c1ccccc1F. The third kappa shape index (κ3) is 4.70. The lowest BCUT2D eigenvalue weighted by molar-refractivity contribution is 0.411. The van der Waals surface area contributed by atoms with Crippen molar-refractivity contribution in [3.8, 4) is 17.1 Å². The zero-order chi connectivity index (χ0) is 21.6. The molecule has 0 N–H and O–H groups in total. The maximum Gasteiger partial charge on any atom is 0.148 e. The number of imidazole rings is 1. The number of aryl methyl sites for hydroxylation is 2. The number of halogens is 1. The number of hydrogen-bond donors (Lipinski definition) is 0. The van der Waals surface area contributed by atoms with Gasteiger partial charge in [-0.1, -0.05) is 45.0 Å². The van der Waals surface area contributed by atoms with E-state index in [9.17, 15) is 8.96 Å². The van der Waals surface area contributed by atoms with Crippen molar-refractivity contribution in [1.82, 2.24) is 9.55 Å². The van der Waals surface area contributed by atoms with Crippen LogP contribution in [-0.4, -0.2) is 22.9 Å². The van der Waals surface area contributed by atoms with Crippen LogP contribution in [0.15, 0.2) is 42.6 Å². The van der Waals surface area contributed by atoms with E-state index in [2.05, 4.69) is 51.7 Å². The second kappa shape index (κ2) is 7.57. The van der Waals surface area contributed by atoms with Crippen LogP contribution in [0.4, 0.5) is 4.39 Å². The Balaban J connectivity index is 2.25. The van der Waals surface area contributed by atoms with Crippen molar-refractivity contribution in [2.45, 2.75) is 41.0 Å². The van der Waals surface area contributed by atoms with Crippen LogP contribution in [0.3, 0.4) is 0 Å². The highest BCUT2D eigenvalue weighted by atomic mass is 31.2. The molecule has 0 fully saturated rings. The third-order valence-corrected chi connectivity index (χ3v) is 6.20. The minimum Gasteiger partial charge on any atom is -0.318 e. The van der Waals surface area contributed by atoms with Crippen molar-refractivity contribution >= 4 is 12.6 Å². The number of nitrogens with zero attached hydrogens (tertiary/aromatic N) is 2. The summed E-state index contributed by atoms with van der Waals surface area (Å²) in [7, 11) is -2.60. The first kappa shape index (κ1) is 21.5. The smallest absolute Gasteiger partial charge is 0.148 e. The standard InChI is InChI=1S/C24H30FN2OP/c1-16-12-18(14-24(3,4)5)13-17(2)22(16)27-15-21(29(6,7)28)26-23(27)19-10-8-9-11-20(19)25/h8-13,15H,14H2,1-7H3. The molecular weight excluding hydrogens is 382 g/mol. The van der Waals surface area contributed by atoms with E-state index in [0.29, 0.717) is 16.8 Å². The fraction of sp³-hybridized carbons (Fsp3) is 0.375. The summed E-state index contributed by atoms with van der Waals surface area (Å²) in [5, 5.41) is 0. The van der Waals surface area contributed by atoms with Crippen molar-refractivity contribution in [2.24, 2.45) is 5.41 Å². The summed E-state index contributed by atoms with van der Waals surface area (Å²) in [6.07, 6.45) is 2.78. The summed E-state index contributed by atoms with van der Waals surface area (Å²) in [6, 6.07) is 11.0. The summed E-state index contributed by atoms with van der Waals surface area (Å²) in [5.41, 5.74) is 5.53. The number of hydrogen-bond acceptors (Lipinski definition) is 2. The van der Waals surface area contributed by atoms with E-state index in [1.54, 1.807) is 37.7 Å². The Morgan fingerprint density at radius 1 is 1.07 bits per heavy atom. The molecule has 29 heavy (non-hydrogen) atoms. The monoisotopic (exact) mass is 412 g/mol. The topological polar surface area (TPSA) is 34.9 Å². The van der Waals surface area contributed by atoms with Crippen LogP contribution in [0.1, 0.15) is 37.5 Å². The van der Waals surface area contributed by atoms with Crippen molar-refractivity contribution in [1.29, 1.82) is 0 Å². The van der Waals surface area contributed by atoms with E-state index in [-0.39, 0.29) is 11.2 Å². The fourth-order valence-electron chi connectivity index (χ4n) is 3.77. The van der Waals surface area contributed by atoms with Crippen molar-refractivity contribution < 1.29 is 8.96 Å². The Morgan fingerprint density at radius 2 is 1.66 bits per heavy atom. The Morgan fingerprint density at radius 3 is 2.17 bits per heavy atom. The van der Waals surface area contributed by atoms with Gasteiger partial charge in [0, 0.05) is 6.20 Å². The van der Waals surface area contributed by atoms with Gasteiger partial charge in [-0.3, -0.25) is 4.57 Å². The predicted octanol–water partition coefficient (Wildman–Crippen LogP) is 6.13. The third-order valence-electron chi connectivity index (χ3n) is 4.89. The lowest BCUT2D eigenvalue weighted by Gasteiger charge is -2.21. The highest BCUT2D eigenvalue weighted by molar-refractivity contribution is 7.69. The Kier molecular flexibility index (Phi) is 5.62. The molecule has 2 aromatic carbocycles. The molecule has 1 aromatic heterocycles. The zero-order valence-electron chi connectivity index (χ0n) is 18.4. The zero-order valence-corrected chi connectivity index (χ0v) is 19.3. The van der Waals surface area contributed by atoms with Gasteiger partial charge in [0.2, 0.25) is 0 Å². The molecule has 0 spiro atoms. The number of aromatic nitrogens is 2. The molecule has 0 amide bonds. The Bertz CT molecular complexity index is 1080. The maximum absolute atomic E-state index is 14.6. The van der Waals surface area contributed by atoms with Crippen molar-refractivity contribution in [3.63, 3.8) is 0 Å². The molecule has 0 aliphatic rings. The highest BCUT2D eigenvalue weighted by Crippen LogP contribution is 2.37. The van der Waals surface area contributed by atoms with Gasteiger partial charge in [0.05, 0.1) is 11.3 Å². The van der Waals surface area contributed by atoms with Crippen molar-refractivity contribution in [2.75, 3.05) is 13.3 Å². The first-order valence-electron chi connectivity index (χ1n) is 9.87. The maximum atomic E-state index is 14.6. The summed E-state index contributed by atoms with van der Waals surface area (Å²) in [6.45, 7) is 14.2. The average molecular weight is 412 g/mol. The average Bonchev–Trinajstić information content (AvgIpc) is 2.98. The molecule has 0 radical (unpaired) electrons. The van der Waals surface area contributed by atoms with Gasteiger partial charge in [-0.15, -0.1) is 0 Å². The molecule has 1 heterocycles.